The molecule has 19 heavy (non-hydrogen) atoms. The molecule has 0 radical (unpaired) electrons. The molecule has 0 amide bonds. The van der Waals surface area contributed by atoms with Crippen LogP contribution in [-0.2, 0) is 4.74 Å². The lowest BCUT2D eigenvalue weighted by atomic mass is 10.1. The summed E-state index contributed by atoms with van der Waals surface area (Å²) >= 11 is 1.15. The van der Waals surface area contributed by atoms with Crippen LogP contribution in [0.3, 0.4) is 0 Å². The van der Waals surface area contributed by atoms with E-state index in [1.807, 2.05) is 13.0 Å². The average Bonchev–Trinajstić information content (AvgIpc) is 2.66. The second kappa shape index (κ2) is 5.01. The highest BCUT2D eigenvalue weighted by Crippen LogP contribution is 2.39. The number of hydrogen-bond acceptors (Lipinski definition) is 4. The van der Waals surface area contributed by atoms with Crippen LogP contribution in [0.5, 0.6) is 0 Å². The number of benzene rings is 1. The molecule has 0 fully saturated rings. The van der Waals surface area contributed by atoms with Crippen molar-refractivity contribution in [3.63, 3.8) is 0 Å². The van der Waals surface area contributed by atoms with Crippen molar-refractivity contribution in [3.8, 4) is 10.4 Å². The molecule has 100 valence electrons. The highest BCUT2D eigenvalue weighted by molar-refractivity contribution is 7.18. The molecule has 1 aromatic heterocycles. The van der Waals surface area contributed by atoms with Crippen molar-refractivity contribution in [3.05, 3.63) is 40.0 Å². The van der Waals surface area contributed by atoms with Crippen LogP contribution in [0.2, 0.25) is 0 Å². The molecule has 0 saturated heterocycles. The van der Waals surface area contributed by atoms with Gasteiger partial charge in [0.2, 0.25) is 0 Å². The zero-order valence-corrected chi connectivity index (χ0v) is 11.7. The summed E-state index contributed by atoms with van der Waals surface area (Å²) in [5, 5.41) is 0. The largest absolute Gasteiger partial charge is 0.465 e. The van der Waals surface area contributed by atoms with Crippen LogP contribution in [0, 0.1) is 19.7 Å². The predicted molar refractivity (Wildman–Crippen MR) is 74.9 cm³/mol. The minimum atomic E-state index is -0.496. The van der Waals surface area contributed by atoms with Gasteiger partial charge < -0.3 is 10.5 Å². The summed E-state index contributed by atoms with van der Waals surface area (Å²) in [4.78, 5) is 12.6. The zero-order chi connectivity index (χ0) is 14.2. The molecule has 0 saturated carbocycles. The number of halogens is 1. The number of hydrogen-bond donors (Lipinski definition) is 1. The number of ether oxygens (including phenoxy) is 1. The Balaban J connectivity index is 2.60. The van der Waals surface area contributed by atoms with E-state index >= 15 is 0 Å². The number of aryl methyl sites for hydroxylation is 1. The van der Waals surface area contributed by atoms with Crippen LogP contribution < -0.4 is 5.73 Å². The Morgan fingerprint density at radius 1 is 1.37 bits per heavy atom. The molecule has 2 N–H and O–H groups in total. The second-order valence-corrected chi connectivity index (χ2v) is 5.29. The summed E-state index contributed by atoms with van der Waals surface area (Å²) in [6, 6.07) is 4.98. The molecule has 0 aliphatic heterocycles. The van der Waals surface area contributed by atoms with Crippen LogP contribution in [-0.4, -0.2) is 13.1 Å². The first-order valence-corrected chi connectivity index (χ1v) is 6.51. The lowest BCUT2D eigenvalue weighted by Gasteiger charge is -2.03. The zero-order valence-electron chi connectivity index (χ0n) is 10.9. The molecule has 2 rings (SSSR count). The molecule has 5 heteroatoms. The fourth-order valence-electron chi connectivity index (χ4n) is 1.83. The minimum Gasteiger partial charge on any atom is -0.465 e. The SMILES string of the molecule is COC(=O)c1sc(-c2ccc(C)cc2F)c(C)c1N. The van der Waals surface area contributed by atoms with Gasteiger partial charge in [0, 0.05) is 10.4 Å². The van der Waals surface area contributed by atoms with Gasteiger partial charge in [0.05, 0.1) is 12.8 Å². The third-order valence-corrected chi connectivity index (χ3v) is 4.25. The number of esters is 1. The normalized spacial score (nSPS) is 10.5. The summed E-state index contributed by atoms with van der Waals surface area (Å²) in [6.07, 6.45) is 0. The van der Waals surface area contributed by atoms with Gasteiger partial charge in [0.25, 0.3) is 0 Å². The van der Waals surface area contributed by atoms with E-state index in [1.54, 1.807) is 13.0 Å². The van der Waals surface area contributed by atoms with Gasteiger partial charge in [-0.2, -0.15) is 0 Å². The average molecular weight is 279 g/mol. The monoisotopic (exact) mass is 279 g/mol. The van der Waals surface area contributed by atoms with Crippen LogP contribution in [0.15, 0.2) is 18.2 Å². The van der Waals surface area contributed by atoms with Crippen molar-refractivity contribution < 1.29 is 13.9 Å². The fourth-order valence-corrected chi connectivity index (χ4v) is 3.00. The number of rotatable bonds is 2. The van der Waals surface area contributed by atoms with Gasteiger partial charge in [-0.25, -0.2) is 9.18 Å². The molecule has 3 nitrogen and oxygen atoms in total. The van der Waals surface area contributed by atoms with Gasteiger partial charge in [0.1, 0.15) is 10.7 Å². The highest BCUT2D eigenvalue weighted by atomic mass is 32.1. The van der Waals surface area contributed by atoms with E-state index in [0.717, 1.165) is 16.9 Å². The molecule has 0 unspecified atom stereocenters. The van der Waals surface area contributed by atoms with Crippen molar-refractivity contribution in [1.82, 2.24) is 0 Å². The van der Waals surface area contributed by atoms with Crippen molar-refractivity contribution >= 4 is 23.0 Å². The molecule has 1 aromatic carbocycles. The molecule has 0 spiro atoms. The molecular formula is C14H14FNO2S. The van der Waals surface area contributed by atoms with E-state index in [2.05, 4.69) is 4.74 Å². The van der Waals surface area contributed by atoms with E-state index in [1.165, 1.54) is 13.2 Å². The smallest absolute Gasteiger partial charge is 0.350 e. The van der Waals surface area contributed by atoms with Crippen molar-refractivity contribution in [2.45, 2.75) is 13.8 Å². The maximum Gasteiger partial charge on any atom is 0.350 e. The highest BCUT2D eigenvalue weighted by Gasteiger charge is 2.21. The van der Waals surface area contributed by atoms with Crippen LogP contribution in [0.1, 0.15) is 20.8 Å². The summed E-state index contributed by atoms with van der Waals surface area (Å²) in [7, 11) is 1.29. The minimum absolute atomic E-state index is 0.315. The second-order valence-electron chi connectivity index (χ2n) is 4.27. The number of methoxy groups -OCH3 is 1. The van der Waals surface area contributed by atoms with Gasteiger partial charge in [0.15, 0.2) is 0 Å². The Bertz CT molecular complexity index is 649. The first-order chi connectivity index (χ1) is 8.95. The van der Waals surface area contributed by atoms with Gasteiger partial charge in [-0.1, -0.05) is 12.1 Å². The Morgan fingerprint density at radius 2 is 2.05 bits per heavy atom. The van der Waals surface area contributed by atoms with Crippen molar-refractivity contribution in [2.24, 2.45) is 0 Å². The molecular weight excluding hydrogens is 265 g/mol. The van der Waals surface area contributed by atoms with Gasteiger partial charge >= 0.3 is 5.97 Å². The lowest BCUT2D eigenvalue weighted by molar-refractivity contribution is 0.0607. The maximum atomic E-state index is 14.0. The number of carbonyl (C=O) groups excluding carboxylic acids is 1. The third-order valence-electron chi connectivity index (χ3n) is 2.93. The van der Waals surface area contributed by atoms with Gasteiger partial charge in [-0.05, 0) is 31.0 Å². The number of nitrogen functional groups attached to an aromatic ring is 1. The Labute approximate surface area is 114 Å². The maximum absolute atomic E-state index is 14.0. The third kappa shape index (κ3) is 2.33. The Hall–Kier alpha value is -1.88. The summed E-state index contributed by atoms with van der Waals surface area (Å²) < 4.78 is 18.7. The number of carbonyl (C=O) groups is 1. The molecule has 0 bridgehead atoms. The molecule has 1 heterocycles. The molecule has 0 atom stereocenters. The number of thiophene rings is 1. The van der Waals surface area contributed by atoms with E-state index in [-0.39, 0.29) is 5.82 Å². The molecule has 0 aliphatic rings. The van der Waals surface area contributed by atoms with E-state index in [9.17, 15) is 9.18 Å². The Morgan fingerprint density at radius 3 is 2.63 bits per heavy atom. The summed E-state index contributed by atoms with van der Waals surface area (Å²) in [6.45, 7) is 3.59. The summed E-state index contributed by atoms with van der Waals surface area (Å²) in [5.41, 5.74) is 8.24. The molecule has 0 aliphatic carbocycles. The first kappa shape index (κ1) is 13.5. The van der Waals surface area contributed by atoms with Crippen LogP contribution >= 0.6 is 11.3 Å². The van der Waals surface area contributed by atoms with Crippen LogP contribution in [0.25, 0.3) is 10.4 Å². The standard InChI is InChI=1S/C14H14FNO2S/c1-7-4-5-9(10(15)6-7)12-8(2)11(16)13(19-12)14(17)18-3/h4-6H,16H2,1-3H3. The summed E-state index contributed by atoms with van der Waals surface area (Å²) in [5.74, 6) is -0.815. The topological polar surface area (TPSA) is 52.3 Å². The van der Waals surface area contributed by atoms with Crippen molar-refractivity contribution in [2.75, 3.05) is 12.8 Å². The number of nitrogens with two attached hydrogens (primary N) is 1. The van der Waals surface area contributed by atoms with Crippen molar-refractivity contribution in [1.29, 1.82) is 0 Å². The van der Waals surface area contributed by atoms with Crippen LogP contribution in [0.4, 0.5) is 10.1 Å². The Kier molecular flexibility index (Phi) is 3.57. The van der Waals surface area contributed by atoms with Gasteiger partial charge in [-0.3, -0.25) is 0 Å². The van der Waals surface area contributed by atoms with E-state index in [0.29, 0.717) is 26.6 Å². The fraction of sp³-hybridized carbons (Fsp3) is 0.214. The molecule has 2 aromatic rings. The predicted octanol–water partition coefficient (Wildman–Crippen LogP) is 3.54. The van der Waals surface area contributed by atoms with Gasteiger partial charge in [-0.15, -0.1) is 11.3 Å². The van der Waals surface area contributed by atoms with E-state index in [4.69, 9.17) is 5.73 Å². The quantitative estimate of drug-likeness (QED) is 0.855. The van der Waals surface area contributed by atoms with E-state index < -0.39 is 5.97 Å². The lowest BCUT2D eigenvalue weighted by Crippen LogP contribution is -2.01. The first-order valence-electron chi connectivity index (χ1n) is 5.69. The number of anilines is 1.